The first-order valence-electron chi connectivity index (χ1n) is 6.11. The Morgan fingerprint density at radius 2 is 2.00 bits per heavy atom. The summed E-state index contributed by atoms with van der Waals surface area (Å²) in [5.41, 5.74) is 5.26. The van der Waals surface area contributed by atoms with Gasteiger partial charge in [-0.05, 0) is 25.7 Å². The van der Waals surface area contributed by atoms with E-state index in [0.29, 0.717) is 18.0 Å². The number of carbonyl (C=O) groups is 1. The molecule has 16 heavy (non-hydrogen) atoms. The average molecular weight is 242 g/mol. The molecule has 3 N–H and O–H groups in total. The molecule has 1 fully saturated rings. The first-order chi connectivity index (χ1) is 7.54. The van der Waals surface area contributed by atoms with Crippen LogP contribution in [0, 0.1) is 5.41 Å². The van der Waals surface area contributed by atoms with E-state index in [1.807, 2.05) is 0 Å². The summed E-state index contributed by atoms with van der Waals surface area (Å²) in [5.74, 6) is 0.204. The van der Waals surface area contributed by atoms with Gasteiger partial charge in [0.1, 0.15) is 0 Å². The molecule has 0 aromatic heterocycles. The van der Waals surface area contributed by atoms with Crippen molar-refractivity contribution in [3.63, 3.8) is 0 Å². The second kappa shape index (κ2) is 6.18. The van der Waals surface area contributed by atoms with Crippen LogP contribution < -0.4 is 11.1 Å². The van der Waals surface area contributed by atoms with Crippen LogP contribution in [-0.2, 0) is 4.79 Å². The van der Waals surface area contributed by atoms with Gasteiger partial charge in [-0.3, -0.25) is 4.79 Å². The van der Waals surface area contributed by atoms with Crippen LogP contribution in [0.4, 0.5) is 0 Å². The summed E-state index contributed by atoms with van der Waals surface area (Å²) in [7, 11) is 0. The lowest BCUT2D eigenvalue weighted by Crippen LogP contribution is -2.40. The number of thiocarbonyl (C=S) groups is 1. The van der Waals surface area contributed by atoms with Gasteiger partial charge in [-0.1, -0.05) is 38.4 Å². The average Bonchev–Trinajstić information content (AvgIpc) is 2.25. The molecule has 0 bridgehead atoms. The highest BCUT2D eigenvalue weighted by atomic mass is 32.1. The molecule has 0 atom stereocenters. The van der Waals surface area contributed by atoms with Crippen LogP contribution in [-0.4, -0.2) is 17.4 Å². The normalized spacial score (nSPS) is 19.1. The van der Waals surface area contributed by atoms with E-state index in [4.69, 9.17) is 18.0 Å². The maximum Gasteiger partial charge on any atom is 0.225 e. The molecule has 0 saturated heterocycles. The molecule has 92 valence electrons. The van der Waals surface area contributed by atoms with Gasteiger partial charge in [0, 0.05) is 12.0 Å². The van der Waals surface area contributed by atoms with Gasteiger partial charge in [-0.15, -0.1) is 0 Å². The molecule has 0 aromatic rings. The largest absolute Gasteiger partial charge is 0.393 e. The zero-order valence-corrected chi connectivity index (χ0v) is 10.9. The third kappa shape index (κ3) is 4.08. The molecule has 0 spiro atoms. The van der Waals surface area contributed by atoms with E-state index >= 15 is 0 Å². The molecule has 4 heteroatoms. The van der Waals surface area contributed by atoms with Crippen molar-refractivity contribution in [1.29, 1.82) is 0 Å². The third-order valence-electron chi connectivity index (χ3n) is 3.39. The third-order valence-corrected chi connectivity index (χ3v) is 3.59. The molecule has 1 amide bonds. The molecule has 3 nitrogen and oxygen atoms in total. The Morgan fingerprint density at radius 1 is 1.38 bits per heavy atom. The van der Waals surface area contributed by atoms with Crippen LogP contribution in [0.15, 0.2) is 0 Å². The van der Waals surface area contributed by atoms with E-state index < -0.39 is 0 Å². The van der Waals surface area contributed by atoms with E-state index in [1.165, 1.54) is 19.3 Å². The first kappa shape index (κ1) is 13.4. The molecule has 1 aliphatic carbocycles. The molecular weight excluding hydrogens is 220 g/mol. The van der Waals surface area contributed by atoms with Gasteiger partial charge in [-0.25, -0.2) is 0 Å². The van der Waals surface area contributed by atoms with E-state index in [0.717, 1.165) is 19.3 Å². The molecule has 0 radical (unpaired) electrons. The topological polar surface area (TPSA) is 55.1 Å². The van der Waals surface area contributed by atoms with Crippen molar-refractivity contribution in [2.24, 2.45) is 11.1 Å². The minimum Gasteiger partial charge on any atom is -0.393 e. The number of nitrogens with two attached hydrogens (primary N) is 1. The predicted octanol–water partition coefficient (Wildman–Crippen LogP) is 2.14. The van der Waals surface area contributed by atoms with Crippen molar-refractivity contribution in [3.05, 3.63) is 0 Å². The monoisotopic (exact) mass is 242 g/mol. The van der Waals surface area contributed by atoms with Gasteiger partial charge in [0.2, 0.25) is 5.91 Å². The van der Waals surface area contributed by atoms with E-state index in [9.17, 15) is 4.79 Å². The number of nitrogens with one attached hydrogen (secondary N) is 1. The SMILES string of the molecule is CC1(C(=O)NCCCC(N)=S)CCCCC1. The Bertz CT molecular complexity index is 260. The van der Waals surface area contributed by atoms with Crippen molar-refractivity contribution >= 4 is 23.1 Å². The number of hydrogen-bond acceptors (Lipinski definition) is 2. The molecule has 0 unspecified atom stereocenters. The van der Waals surface area contributed by atoms with Crippen LogP contribution in [0.25, 0.3) is 0 Å². The fraction of sp³-hybridized carbons (Fsp3) is 0.833. The quantitative estimate of drug-likeness (QED) is 0.573. The summed E-state index contributed by atoms with van der Waals surface area (Å²) < 4.78 is 0. The maximum atomic E-state index is 12.0. The lowest BCUT2D eigenvalue weighted by atomic mass is 9.75. The van der Waals surface area contributed by atoms with Crippen molar-refractivity contribution in [2.45, 2.75) is 51.9 Å². The number of rotatable bonds is 5. The summed E-state index contributed by atoms with van der Waals surface area (Å²) in [6.07, 6.45) is 7.23. The smallest absolute Gasteiger partial charge is 0.225 e. The highest BCUT2D eigenvalue weighted by molar-refractivity contribution is 7.80. The Hall–Kier alpha value is -0.640. The fourth-order valence-corrected chi connectivity index (χ4v) is 2.38. The molecule has 1 aliphatic rings. The van der Waals surface area contributed by atoms with Gasteiger partial charge in [0.05, 0.1) is 4.99 Å². The predicted molar refractivity (Wildman–Crippen MR) is 70.2 cm³/mol. The second-order valence-corrected chi connectivity index (χ2v) is 5.47. The van der Waals surface area contributed by atoms with Crippen LogP contribution in [0.3, 0.4) is 0 Å². The first-order valence-corrected chi connectivity index (χ1v) is 6.52. The van der Waals surface area contributed by atoms with Gasteiger partial charge in [0.15, 0.2) is 0 Å². The lowest BCUT2D eigenvalue weighted by molar-refractivity contribution is -0.131. The molecule has 1 saturated carbocycles. The highest BCUT2D eigenvalue weighted by Gasteiger charge is 2.33. The Balaban J connectivity index is 2.25. The van der Waals surface area contributed by atoms with Crippen LogP contribution in [0.2, 0.25) is 0 Å². The maximum absolute atomic E-state index is 12.0. The van der Waals surface area contributed by atoms with Gasteiger partial charge >= 0.3 is 0 Å². The summed E-state index contributed by atoms with van der Waals surface area (Å²) in [6, 6.07) is 0. The highest BCUT2D eigenvalue weighted by Crippen LogP contribution is 2.35. The molecule has 0 aliphatic heterocycles. The fourth-order valence-electron chi connectivity index (χ4n) is 2.24. The van der Waals surface area contributed by atoms with E-state index in [2.05, 4.69) is 12.2 Å². The molecular formula is C12H22N2OS. The van der Waals surface area contributed by atoms with Gasteiger partial charge in [0.25, 0.3) is 0 Å². The number of hydrogen-bond donors (Lipinski definition) is 2. The van der Waals surface area contributed by atoms with Crippen molar-refractivity contribution in [2.75, 3.05) is 6.54 Å². The minimum atomic E-state index is -0.137. The standard InChI is InChI=1S/C12H22N2OS/c1-12(7-3-2-4-8-12)11(15)14-9-5-6-10(13)16/h2-9H2,1H3,(H2,13,16)(H,14,15). The summed E-state index contributed by atoms with van der Waals surface area (Å²) in [4.78, 5) is 12.5. The Morgan fingerprint density at radius 3 is 2.56 bits per heavy atom. The van der Waals surface area contributed by atoms with Crippen molar-refractivity contribution in [1.82, 2.24) is 5.32 Å². The summed E-state index contributed by atoms with van der Waals surface area (Å²) in [6.45, 7) is 2.76. The Labute approximate surface area is 103 Å². The zero-order valence-electron chi connectivity index (χ0n) is 10.1. The van der Waals surface area contributed by atoms with Gasteiger partial charge in [-0.2, -0.15) is 0 Å². The zero-order chi connectivity index (χ0) is 12.0. The van der Waals surface area contributed by atoms with E-state index in [1.54, 1.807) is 0 Å². The lowest BCUT2D eigenvalue weighted by Gasteiger charge is -2.32. The van der Waals surface area contributed by atoms with Crippen LogP contribution >= 0.6 is 12.2 Å². The van der Waals surface area contributed by atoms with E-state index in [-0.39, 0.29) is 11.3 Å². The summed E-state index contributed by atoms with van der Waals surface area (Å²) in [5, 5.41) is 2.99. The number of carbonyl (C=O) groups excluding carboxylic acids is 1. The second-order valence-electron chi connectivity index (χ2n) is 4.95. The molecule has 0 heterocycles. The molecule has 0 aromatic carbocycles. The number of amides is 1. The molecule has 1 rings (SSSR count). The van der Waals surface area contributed by atoms with Crippen LogP contribution in [0.5, 0.6) is 0 Å². The Kier molecular flexibility index (Phi) is 5.19. The summed E-state index contributed by atoms with van der Waals surface area (Å²) >= 11 is 4.79. The van der Waals surface area contributed by atoms with Crippen molar-refractivity contribution in [3.8, 4) is 0 Å². The van der Waals surface area contributed by atoms with Gasteiger partial charge < -0.3 is 11.1 Å². The van der Waals surface area contributed by atoms with Crippen LogP contribution in [0.1, 0.15) is 51.9 Å². The minimum absolute atomic E-state index is 0.137. The van der Waals surface area contributed by atoms with Crippen molar-refractivity contribution < 1.29 is 4.79 Å².